The number of ether oxygens (including phenoxy) is 3. The Balaban J connectivity index is 3.95. The zero-order valence-corrected chi connectivity index (χ0v) is 17.4. The van der Waals surface area contributed by atoms with Gasteiger partial charge in [0.1, 0.15) is 6.61 Å². The lowest BCUT2D eigenvalue weighted by molar-refractivity contribution is 0.0128. The zero-order valence-electron chi connectivity index (χ0n) is 16.5. The Morgan fingerprint density at radius 1 is 0.846 bits per heavy atom. The van der Waals surface area contributed by atoms with E-state index >= 15 is 0 Å². The maximum atomic E-state index is 8.69. The van der Waals surface area contributed by atoms with Gasteiger partial charge in [0.2, 0.25) is 0 Å². The topological polar surface area (TPSA) is 73.2 Å². The maximum Gasteiger partial charge on any atom is 0.259 e. The summed E-state index contributed by atoms with van der Waals surface area (Å²) >= 11 is 0. The van der Waals surface area contributed by atoms with Crippen LogP contribution in [0.25, 0.3) is 0 Å². The summed E-state index contributed by atoms with van der Waals surface area (Å²) in [5, 5.41) is 8.69. The lowest BCUT2D eigenvalue weighted by Crippen LogP contribution is -2.34. The molecule has 0 aliphatic rings. The Morgan fingerprint density at radius 3 is 1.85 bits per heavy atom. The quantitative estimate of drug-likeness (QED) is 0.215. The fourth-order valence-corrected chi connectivity index (χ4v) is 3.63. The average Bonchev–Trinajstić information content (AvgIpc) is 2.58. The molecule has 1 unspecified atom stereocenters. The van der Waals surface area contributed by atoms with Gasteiger partial charge in [-0.3, -0.25) is 0 Å². The van der Waals surface area contributed by atoms with Gasteiger partial charge in [0, 0.05) is 12.1 Å². The summed E-state index contributed by atoms with van der Waals surface area (Å²) in [6, 6.07) is 2.66. The van der Waals surface area contributed by atoms with Crippen LogP contribution in [-0.2, 0) is 23.3 Å². The zero-order chi connectivity index (χ0) is 19.6. The molecule has 8 heteroatoms. The van der Waals surface area contributed by atoms with Crippen molar-refractivity contribution in [1.82, 2.24) is 4.67 Å². The normalized spacial score (nSPS) is 12.5. The third-order valence-corrected chi connectivity index (χ3v) is 5.13. The highest BCUT2D eigenvalue weighted by atomic mass is 31.2. The smallest absolute Gasteiger partial charge is 0.259 e. The van der Waals surface area contributed by atoms with Crippen LogP contribution < -0.4 is 0 Å². The lowest BCUT2D eigenvalue weighted by Gasteiger charge is -2.35. The molecule has 0 heterocycles. The molecule has 0 spiro atoms. The van der Waals surface area contributed by atoms with Crippen LogP contribution in [0, 0.1) is 23.7 Å². The fraction of sp³-hybridized carbons (Fsp3) is 0.833. The van der Waals surface area contributed by atoms with E-state index in [-0.39, 0.29) is 12.1 Å². The van der Waals surface area contributed by atoms with Gasteiger partial charge in [0.05, 0.1) is 58.7 Å². The van der Waals surface area contributed by atoms with Gasteiger partial charge in [-0.25, -0.2) is 4.67 Å². The first-order valence-corrected chi connectivity index (χ1v) is 10.1. The minimum absolute atomic E-state index is 0.286. The van der Waals surface area contributed by atoms with E-state index in [9.17, 15) is 0 Å². The van der Waals surface area contributed by atoms with Crippen molar-refractivity contribution in [3.8, 4) is 18.4 Å². The van der Waals surface area contributed by atoms with Gasteiger partial charge in [-0.05, 0) is 27.7 Å². The van der Waals surface area contributed by atoms with Gasteiger partial charge >= 0.3 is 0 Å². The van der Waals surface area contributed by atoms with Crippen molar-refractivity contribution in [2.24, 2.45) is 0 Å². The molecule has 0 N–H and O–H groups in total. The third kappa shape index (κ3) is 13.4. The van der Waals surface area contributed by atoms with Crippen LogP contribution in [0.4, 0.5) is 0 Å². The largest absolute Gasteiger partial charge is 0.377 e. The van der Waals surface area contributed by atoms with E-state index in [0.717, 1.165) is 0 Å². The molecule has 150 valence electrons. The molecule has 0 amide bonds. The number of hydrogen-bond acceptors (Lipinski definition) is 7. The van der Waals surface area contributed by atoms with Crippen molar-refractivity contribution >= 4 is 8.53 Å². The molecule has 0 aliphatic heterocycles. The summed E-state index contributed by atoms with van der Waals surface area (Å²) in [5.41, 5.74) is 0. The molecular formula is C18H33N2O5P. The molecule has 0 radical (unpaired) electrons. The van der Waals surface area contributed by atoms with Crippen LogP contribution in [0.3, 0.4) is 0 Å². The molecule has 0 saturated carbocycles. The van der Waals surface area contributed by atoms with Crippen LogP contribution in [0.2, 0.25) is 0 Å². The highest BCUT2D eigenvalue weighted by Crippen LogP contribution is 2.45. The monoisotopic (exact) mass is 388 g/mol. The van der Waals surface area contributed by atoms with Crippen LogP contribution in [-0.4, -0.2) is 69.6 Å². The SMILES string of the molecule is C#CCOCCOCCOCCOP(OCCC#N)N(C(C)C)C(C)C. The lowest BCUT2D eigenvalue weighted by atomic mass is 10.3. The minimum Gasteiger partial charge on any atom is -0.377 e. The summed E-state index contributed by atoms with van der Waals surface area (Å²) in [6.45, 7) is 12.0. The van der Waals surface area contributed by atoms with Crippen molar-refractivity contribution in [3.05, 3.63) is 0 Å². The van der Waals surface area contributed by atoms with E-state index in [0.29, 0.717) is 59.3 Å². The number of terminal acetylenes is 1. The molecule has 0 saturated heterocycles. The molecule has 1 atom stereocenters. The van der Waals surface area contributed by atoms with E-state index in [1.54, 1.807) is 0 Å². The summed E-state index contributed by atoms with van der Waals surface area (Å²) < 4.78 is 29.8. The van der Waals surface area contributed by atoms with Gasteiger partial charge in [0.15, 0.2) is 0 Å². The molecule has 0 bridgehead atoms. The van der Waals surface area contributed by atoms with Crippen molar-refractivity contribution in [2.75, 3.05) is 52.9 Å². The van der Waals surface area contributed by atoms with Gasteiger partial charge in [0.25, 0.3) is 8.53 Å². The Hall–Kier alpha value is -0.760. The molecule has 26 heavy (non-hydrogen) atoms. The first kappa shape index (κ1) is 25.2. The second-order valence-corrected chi connectivity index (χ2v) is 7.32. The summed E-state index contributed by atoms with van der Waals surface area (Å²) in [5.74, 6) is 2.40. The van der Waals surface area contributed by atoms with E-state index < -0.39 is 8.53 Å². The molecule has 0 fully saturated rings. The highest BCUT2D eigenvalue weighted by molar-refractivity contribution is 7.44. The Bertz CT molecular complexity index is 401. The summed E-state index contributed by atoms with van der Waals surface area (Å²) in [7, 11) is -1.21. The predicted molar refractivity (Wildman–Crippen MR) is 102 cm³/mol. The van der Waals surface area contributed by atoms with Gasteiger partial charge in [-0.1, -0.05) is 5.92 Å². The molecule has 7 nitrogen and oxygen atoms in total. The Morgan fingerprint density at radius 2 is 1.35 bits per heavy atom. The Kier molecular flexibility index (Phi) is 17.1. The van der Waals surface area contributed by atoms with E-state index in [4.69, 9.17) is 34.9 Å². The maximum absolute atomic E-state index is 8.69. The molecular weight excluding hydrogens is 355 g/mol. The molecule has 0 aromatic carbocycles. The standard InChI is InChI=1S/C18H33N2O5P/c1-6-9-21-11-12-22-13-14-23-15-16-25-26(24-10-7-8-19)20(17(2)3)18(4)5/h1,17-18H,7,9-16H2,2-5H3. The number of rotatable bonds is 17. The minimum atomic E-state index is -1.21. The van der Waals surface area contributed by atoms with Crippen molar-refractivity contribution < 1.29 is 23.3 Å². The van der Waals surface area contributed by atoms with Crippen LogP contribution in [0.1, 0.15) is 34.1 Å². The summed E-state index contributed by atoms with van der Waals surface area (Å²) in [4.78, 5) is 0. The van der Waals surface area contributed by atoms with Crippen molar-refractivity contribution in [2.45, 2.75) is 46.2 Å². The van der Waals surface area contributed by atoms with E-state index in [1.807, 2.05) is 0 Å². The van der Waals surface area contributed by atoms with Crippen LogP contribution in [0.5, 0.6) is 0 Å². The average molecular weight is 388 g/mol. The van der Waals surface area contributed by atoms with Crippen molar-refractivity contribution in [1.29, 1.82) is 5.26 Å². The van der Waals surface area contributed by atoms with Crippen molar-refractivity contribution in [3.63, 3.8) is 0 Å². The second kappa shape index (κ2) is 17.6. The first-order chi connectivity index (χ1) is 12.5. The Labute approximate surface area is 159 Å². The van der Waals surface area contributed by atoms with Crippen LogP contribution in [0.15, 0.2) is 0 Å². The molecule has 0 rings (SSSR count). The van der Waals surface area contributed by atoms with Gasteiger partial charge < -0.3 is 23.3 Å². The predicted octanol–water partition coefficient (Wildman–Crippen LogP) is 2.96. The molecule has 0 aromatic heterocycles. The number of nitrogens with zero attached hydrogens (tertiary/aromatic N) is 2. The van der Waals surface area contributed by atoms with E-state index in [1.165, 1.54) is 0 Å². The van der Waals surface area contributed by atoms with Gasteiger partial charge in [-0.15, -0.1) is 6.42 Å². The molecule has 0 aliphatic carbocycles. The highest BCUT2D eigenvalue weighted by Gasteiger charge is 2.26. The first-order valence-electron chi connectivity index (χ1n) is 8.92. The summed E-state index contributed by atoms with van der Waals surface area (Å²) in [6.07, 6.45) is 5.42. The number of nitriles is 1. The van der Waals surface area contributed by atoms with Gasteiger partial charge in [-0.2, -0.15) is 5.26 Å². The second-order valence-electron chi connectivity index (χ2n) is 5.86. The fourth-order valence-electron chi connectivity index (χ4n) is 2.06. The van der Waals surface area contributed by atoms with E-state index in [2.05, 4.69) is 44.4 Å². The third-order valence-electron chi connectivity index (χ3n) is 3.02. The molecule has 0 aromatic rings. The van der Waals surface area contributed by atoms with Crippen LogP contribution >= 0.6 is 8.53 Å². The number of hydrogen-bond donors (Lipinski definition) is 0.